The molecule has 9 heteroatoms. The Bertz CT molecular complexity index is 619. The maximum Gasteiger partial charge on any atom is 0.412 e. The third-order valence-electron chi connectivity index (χ3n) is 3.00. The fourth-order valence-corrected chi connectivity index (χ4v) is 4.59. The highest BCUT2D eigenvalue weighted by Crippen LogP contribution is 2.32. The molecular formula is C11H12F3NO3S2. The van der Waals surface area contributed by atoms with Gasteiger partial charge in [-0.05, 0) is 17.9 Å². The molecule has 1 N–H and O–H groups in total. The van der Waals surface area contributed by atoms with E-state index in [1.54, 1.807) is 0 Å². The van der Waals surface area contributed by atoms with Gasteiger partial charge in [0.05, 0.1) is 11.5 Å². The predicted molar refractivity (Wildman–Crippen MR) is 67.8 cm³/mol. The van der Waals surface area contributed by atoms with Crippen molar-refractivity contribution in [2.24, 2.45) is 0 Å². The Morgan fingerprint density at radius 1 is 1.40 bits per heavy atom. The number of thiophene rings is 1. The van der Waals surface area contributed by atoms with E-state index in [9.17, 15) is 21.6 Å². The number of aliphatic hydroxyl groups excluding tert-OH is 1. The van der Waals surface area contributed by atoms with Crippen LogP contribution < -0.4 is 0 Å². The van der Waals surface area contributed by atoms with Gasteiger partial charge in [-0.1, -0.05) is 6.08 Å². The lowest BCUT2D eigenvalue weighted by atomic mass is 10.1. The first-order chi connectivity index (χ1) is 9.26. The molecule has 0 fully saturated rings. The van der Waals surface area contributed by atoms with Gasteiger partial charge in [0.15, 0.2) is 0 Å². The number of sulfonamides is 1. The predicted octanol–water partition coefficient (Wildman–Crippen LogP) is 2.12. The SMILES string of the molecule is O=S(=O)(c1ccsc1CO)N1CC=C(C(F)(F)F)CC1. The van der Waals surface area contributed by atoms with Crippen molar-refractivity contribution in [1.29, 1.82) is 0 Å². The summed E-state index contributed by atoms with van der Waals surface area (Å²) < 4.78 is 63.0. The molecule has 2 rings (SSSR count). The molecule has 0 aliphatic carbocycles. The van der Waals surface area contributed by atoms with Crippen LogP contribution in [0, 0.1) is 0 Å². The van der Waals surface area contributed by atoms with Gasteiger partial charge in [-0.25, -0.2) is 8.42 Å². The second kappa shape index (κ2) is 5.47. The third-order valence-corrected chi connectivity index (χ3v) is 5.99. The van der Waals surface area contributed by atoms with Crippen LogP contribution in [0.2, 0.25) is 0 Å². The molecule has 0 atom stereocenters. The summed E-state index contributed by atoms with van der Waals surface area (Å²) in [5.74, 6) is 0. The zero-order valence-corrected chi connectivity index (χ0v) is 11.9. The van der Waals surface area contributed by atoms with Crippen molar-refractivity contribution in [2.75, 3.05) is 13.1 Å². The molecule has 1 aromatic rings. The Morgan fingerprint density at radius 2 is 2.10 bits per heavy atom. The summed E-state index contributed by atoms with van der Waals surface area (Å²) in [4.78, 5) is 0.254. The van der Waals surface area contributed by atoms with E-state index >= 15 is 0 Å². The summed E-state index contributed by atoms with van der Waals surface area (Å²) in [7, 11) is -3.86. The maximum absolute atomic E-state index is 12.5. The Balaban J connectivity index is 2.24. The normalized spacial score (nSPS) is 18.1. The van der Waals surface area contributed by atoms with Crippen molar-refractivity contribution in [3.8, 4) is 0 Å². The molecule has 1 aliphatic rings. The quantitative estimate of drug-likeness (QED) is 0.865. The van der Waals surface area contributed by atoms with Gasteiger partial charge >= 0.3 is 6.18 Å². The van der Waals surface area contributed by atoms with Crippen LogP contribution in [0.1, 0.15) is 11.3 Å². The number of halogens is 3. The number of aliphatic hydroxyl groups is 1. The molecule has 2 heterocycles. The topological polar surface area (TPSA) is 57.6 Å². The van der Waals surface area contributed by atoms with Crippen LogP contribution in [-0.4, -0.2) is 37.1 Å². The summed E-state index contributed by atoms with van der Waals surface area (Å²) in [6.45, 7) is -0.935. The van der Waals surface area contributed by atoms with E-state index in [1.807, 2.05) is 0 Å². The van der Waals surface area contributed by atoms with E-state index in [2.05, 4.69) is 0 Å². The van der Waals surface area contributed by atoms with Crippen LogP contribution in [0.25, 0.3) is 0 Å². The summed E-state index contributed by atoms with van der Waals surface area (Å²) >= 11 is 1.09. The molecule has 0 radical (unpaired) electrons. The highest BCUT2D eigenvalue weighted by atomic mass is 32.2. The molecule has 4 nitrogen and oxygen atoms in total. The first-order valence-corrected chi connectivity index (χ1v) is 8.02. The second-order valence-electron chi connectivity index (χ2n) is 4.21. The standard InChI is InChI=1S/C11H12F3NO3S2/c12-11(13,14)8-1-4-15(5-2-8)20(17,18)10-3-6-19-9(10)7-16/h1,3,6,16H,2,4-5,7H2. The third kappa shape index (κ3) is 2.90. The summed E-state index contributed by atoms with van der Waals surface area (Å²) in [6, 6.07) is 1.36. The van der Waals surface area contributed by atoms with Gasteiger partial charge in [0.25, 0.3) is 0 Å². The second-order valence-corrected chi connectivity index (χ2v) is 7.11. The zero-order chi connectivity index (χ0) is 15.0. The minimum Gasteiger partial charge on any atom is -0.391 e. The van der Waals surface area contributed by atoms with Crippen LogP contribution in [0.4, 0.5) is 13.2 Å². The summed E-state index contributed by atoms with van der Waals surface area (Å²) in [6.07, 6.45) is -3.87. The van der Waals surface area contributed by atoms with E-state index in [0.29, 0.717) is 0 Å². The molecule has 0 aromatic carbocycles. The fraction of sp³-hybridized carbons (Fsp3) is 0.455. The van der Waals surface area contributed by atoms with Crippen molar-refractivity contribution >= 4 is 21.4 Å². The van der Waals surface area contributed by atoms with E-state index in [0.717, 1.165) is 21.7 Å². The van der Waals surface area contributed by atoms with Gasteiger partial charge in [0, 0.05) is 23.5 Å². The maximum atomic E-state index is 12.5. The number of alkyl halides is 3. The fourth-order valence-electron chi connectivity index (χ4n) is 1.94. The van der Waals surface area contributed by atoms with Crippen LogP contribution >= 0.6 is 11.3 Å². The monoisotopic (exact) mass is 327 g/mol. The van der Waals surface area contributed by atoms with Gasteiger partial charge in [0.1, 0.15) is 0 Å². The number of hydrogen-bond donors (Lipinski definition) is 1. The summed E-state index contributed by atoms with van der Waals surface area (Å²) in [5, 5.41) is 10.6. The van der Waals surface area contributed by atoms with Gasteiger partial charge in [-0.3, -0.25) is 0 Å². The van der Waals surface area contributed by atoms with Crippen molar-refractivity contribution in [3.63, 3.8) is 0 Å². The number of nitrogens with zero attached hydrogens (tertiary/aromatic N) is 1. The average molecular weight is 327 g/mol. The van der Waals surface area contributed by atoms with Crippen molar-refractivity contribution in [2.45, 2.75) is 24.1 Å². The molecule has 0 saturated carbocycles. The minimum absolute atomic E-state index is 0.0335. The van der Waals surface area contributed by atoms with Gasteiger partial charge in [-0.15, -0.1) is 11.3 Å². The number of hydrogen-bond acceptors (Lipinski definition) is 4. The molecule has 0 bridgehead atoms. The van der Waals surface area contributed by atoms with Gasteiger partial charge < -0.3 is 5.11 Å². The van der Waals surface area contributed by atoms with E-state index in [1.165, 1.54) is 11.4 Å². The average Bonchev–Trinajstić information content (AvgIpc) is 2.87. The van der Waals surface area contributed by atoms with Crippen molar-refractivity contribution in [3.05, 3.63) is 28.0 Å². The molecule has 0 spiro atoms. The Kier molecular flexibility index (Phi) is 4.24. The van der Waals surface area contributed by atoms with E-state index in [4.69, 9.17) is 5.11 Å². The molecular weight excluding hydrogens is 315 g/mol. The molecule has 0 saturated heterocycles. The largest absolute Gasteiger partial charge is 0.412 e. The molecule has 1 aliphatic heterocycles. The highest BCUT2D eigenvalue weighted by molar-refractivity contribution is 7.89. The smallest absolute Gasteiger partial charge is 0.391 e. The lowest BCUT2D eigenvalue weighted by Gasteiger charge is -2.26. The minimum atomic E-state index is -4.41. The first kappa shape index (κ1) is 15.5. The van der Waals surface area contributed by atoms with E-state index < -0.39 is 28.4 Å². The Morgan fingerprint density at radius 3 is 2.60 bits per heavy atom. The summed E-state index contributed by atoms with van der Waals surface area (Å²) in [5.41, 5.74) is -0.698. The van der Waals surface area contributed by atoms with Crippen LogP contribution in [0.5, 0.6) is 0 Å². The first-order valence-electron chi connectivity index (χ1n) is 5.70. The van der Waals surface area contributed by atoms with Gasteiger partial charge in [0.2, 0.25) is 10.0 Å². The lowest BCUT2D eigenvalue weighted by Crippen LogP contribution is -2.36. The van der Waals surface area contributed by atoms with E-state index in [-0.39, 0.29) is 29.3 Å². The van der Waals surface area contributed by atoms with Crippen LogP contribution in [0.3, 0.4) is 0 Å². The van der Waals surface area contributed by atoms with Crippen molar-refractivity contribution in [1.82, 2.24) is 4.31 Å². The van der Waals surface area contributed by atoms with Crippen LogP contribution in [0.15, 0.2) is 28.0 Å². The Hall–Kier alpha value is -0.900. The zero-order valence-electron chi connectivity index (χ0n) is 10.2. The molecule has 20 heavy (non-hydrogen) atoms. The highest BCUT2D eigenvalue weighted by Gasteiger charge is 2.37. The van der Waals surface area contributed by atoms with Crippen LogP contribution in [-0.2, 0) is 16.6 Å². The molecule has 0 unspecified atom stereocenters. The molecule has 1 aromatic heterocycles. The lowest BCUT2D eigenvalue weighted by molar-refractivity contribution is -0.0953. The Labute approximate surface area is 118 Å². The molecule has 0 amide bonds. The van der Waals surface area contributed by atoms with Crippen molar-refractivity contribution < 1.29 is 26.7 Å². The van der Waals surface area contributed by atoms with Gasteiger partial charge in [-0.2, -0.15) is 17.5 Å². The molecule has 112 valence electrons. The number of rotatable bonds is 3.